The van der Waals surface area contributed by atoms with Crippen LogP contribution in [0.3, 0.4) is 0 Å². The van der Waals surface area contributed by atoms with Gasteiger partial charge >= 0.3 is 0 Å². The van der Waals surface area contributed by atoms with E-state index >= 15 is 8.78 Å². The van der Waals surface area contributed by atoms with Crippen LogP contribution in [0, 0.1) is 18.7 Å². The maximum Gasteiger partial charge on any atom is 0.167 e. The van der Waals surface area contributed by atoms with Crippen molar-refractivity contribution < 1.29 is 13.5 Å². The van der Waals surface area contributed by atoms with Crippen molar-refractivity contribution in [3.8, 4) is 0 Å². The fourth-order valence-corrected chi connectivity index (χ4v) is 5.88. The number of ether oxygens (including phenoxy) is 1. The molecule has 1 atom stereocenters. The second kappa shape index (κ2) is 11.5. The van der Waals surface area contributed by atoms with Gasteiger partial charge in [-0.1, -0.05) is 13.0 Å². The van der Waals surface area contributed by atoms with Crippen LogP contribution in [0.5, 0.6) is 0 Å². The third-order valence-electron chi connectivity index (χ3n) is 8.04. The highest BCUT2D eigenvalue weighted by Gasteiger charge is 2.53. The minimum absolute atomic E-state index is 0.0271. The van der Waals surface area contributed by atoms with Crippen molar-refractivity contribution in [2.45, 2.75) is 52.2 Å². The summed E-state index contributed by atoms with van der Waals surface area (Å²) in [7, 11) is 0. The molecule has 2 fully saturated rings. The number of aromatic nitrogens is 3. The lowest BCUT2D eigenvalue weighted by Crippen LogP contribution is -2.38. The van der Waals surface area contributed by atoms with Gasteiger partial charge in [-0.3, -0.25) is 9.98 Å². The molecule has 212 valence electrons. The summed E-state index contributed by atoms with van der Waals surface area (Å²) < 4.78 is 38.1. The van der Waals surface area contributed by atoms with E-state index in [1.807, 2.05) is 43.7 Å². The molecule has 2 aromatic heterocycles. The summed E-state index contributed by atoms with van der Waals surface area (Å²) in [6.45, 7) is 15.4. The molecule has 1 aromatic carbocycles. The van der Waals surface area contributed by atoms with Crippen LogP contribution >= 0.6 is 0 Å². The lowest BCUT2D eigenvalue weighted by atomic mass is 9.80. The Hall–Kier alpha value is -3.50. The molecule has 10 heteroatoms. The molecule has 4 heterocycles. The van der Waals surface area contributed by atoms with Crippen molar-refractivity contribution in [2.24, 2.45) is 15.9 Å². The minimum Gasteiger partial charge on any atom is -0.364 e. The first-order valence-corrected chi connectivity index (χ1v) is 13.9. The Labute approximate surface area is 233 Å². The summed E-state index contributed by atoms with van der Waals surface area (Å²) in [5.74, 6) is 0.524. The zero-order valence-corrected chi connectivity index (χ0v) is 23.6. The molecular weight excluding hydrogens is 512 g/mol. The Balaban J connectivity index is 1.34. The number of hydrogen-bond acceptors (Lipinski definition) is 7. The number of allylic oxidation sites excluding steroid dienone is 1. The van der Waals surface area contributed by atoms with Gasteiger partial charge in [0.15, 0.2) is 11.6 Å². The van der Waals surface area contributed by atoms with E-state index < -0.39 is 11.6 Å². The molecule has 1 N–H and O–H groups in total. The predicted octanol–water partition coefficient (Wildman–Crippen LogP) is 5.79. The van der Waals surface area contributed by atoms with Gasteiger partial charge in [0.25, 0.3) is 0 Å². The maximum atomic E-state index is 15.1. The minimum atomic E-state index is -0.715. The molecule has 0 radical (unpaired) electrons. The Morgan fingerprint density at radius 3 is 2.65 bits per heavy atom. The van der Waals surface area contributed by atoms with Gasteiger partial charge < -0.3 is 19.5 Å². The standard InChI is InChI=1S/C30H37F2N7O/c1-6-38-11-9-22(10-12-38)30(17-40-30)23-7-8-27(34-15-23)35-18-36-28(25(32)16-33-5)21-13-24(31)29-26(14-21)39(19(2)3)20(4)37-29/h7-8,13-16,19,22H,5-6,9-12,17-18H2,1-4H3,(H,34,35)/b25-16+,36-28?. The molecule has 2 saturated heterocycles. The van der Waals surface area contributed by atoms with E-state index in [4.69, 9.17) is 4.74 Å². The van der Waals surface area contributed by atoms with Gasteiger partial charge in [-0.05, 0) is 84.1 Å². The third kappa shape index (κ3) is 5.42. The number of likely N-dealkylation sites (tertiary alicyclic amines) is 1. The fourth-order valence-electron chi connectivity index (χ4n) is 5.88. The number of pyridine rings is 1. The predicted molar refractivity (Wildman–Crippen MR) is 155 cm³/mol. The van der Waals surface area contributed by atoms with Crippen LogP contribution in [0.1, 0.15) is 56.6 Å². The van der Waals surface area contributed by atoms with E-state index in [9.17, 15) is 0 Å². The van der Waals surface area contributed by atoms with Crippen LogP contribution < -0.4 is 5.32 Å². The lowest BCUT2D eigenvalue weighted by Gasteiger charge is -2.34. The van der Waals surface area contributed by atoms with Gasteiger partial charge in [-0.15, -0.1) is 0 Å². The second-order valence-corrected chi connectivity index (χ2v) is 10.8. The summed E-state index contributed by atoms with van der Waals surface area (Å²) in [5, 5.41) is 3.12. The van der Waals surface area contributed by atoms with Crippen LogP contribution in [0.4, 0.5) is 14.6 Å². The first-order chi connectivity index (χ1) is 19.3. The summed E-state index contributed by atoms with van der Waals surface area (Å²) >= 11 is 0. The molecule has 2 aliphatic heterocycles. The highest BCUT2D eigenvalue weighted by molar-refractivity contribution is 6.12. The molecule has 0 amide bonds. The molecule has 40 heavy (non-hydrogen) atoms. The molecule has 8 nitrogen and oxygen atoms in total. The Morgan fingerprint density at radius 2 is 2.05 bits per heavy atom. The molecule has 2 aliphatic rings. The van der Waals surface area contributed by atoms with Crippen molar-refractivity contribution in [2.75, 3.05) is 38.2 Å². The first kappa shape index (κ1) is 28.0. The second-order valence-electron chi connectivity index (χ2n) is 10.8. The van der Waals surface area contributed by atoms with Gasteiger partial charge in [0.05, 0.1) is 18.3 Å². The van der Waals surface area contributed by atoms with Crippen LogP contribution in [-0.4, -0.2) is 64.8 Å². The monoisotopic (exact) mass is 549 g/mol. The average molecular weight is 550 g/mol. The molecule has 0 bridgehead atoms. The molecular formula is C30H37F2N7O. The highest BCUT2D eigenvalue weighted by Crippen LogP contribution is 2.49. The Morgan fingerprint density at radius 1 is 1.30 bits per heavy atom. The number of piperidine rings is 1. The Bertz CT molecular complexity index is 1430. The number of benzene rings is 1. The molecule has 3 aromatic rings. The van der Waals surface area contributed by atoms with E-state index in [0.29, 0.717) is 23.1 Å². The molecule has 0 aliphatic carbocycles. The maximum absolute atomic E-state index is 15.1. The van der Waals surface area contributed by atoms with Crippen LogP contribution in [-0.2, 0) is 10.3 Å². The normalized spacial score (nSPS) is 20.9. The number of rotatable bonds is 10. The van der Waals surface area contributed by atoms with Crippen molar-refractivity contribution in [1.82, 2.24) is 19.4 Å². The number of halogens is 2. The number of nitrogens with zero attached hydrogens (tertiary/aromatic N) is 6. The van der Waals surface area contributed by atoms with Crippen LogP contribution in [0.15, 0.2) is 52.5 Å². The zero-order valence-electron chi connectivity index (χ0n) is 23.6. The van der Waals surface area contributed by atoms with Gasteiger partial charge in [-0.25, -0.2) is 18.7 Å². The van der Waals surface area contributed by atoms with Crippen molar-refractivity contribution in [3.05, 3.63) is 65.3 Å². The van der Waals surface area contributed by atoms with E-state index in [-0.39, 0.29) is 35.1 Å². The Kier molecular flexibility index (Phi) is 8.09. The molecule has 5 rings (SSSR count). The number of aliphatic imine (C=N–C) groups is 2. The molecule has 0 spiro atoms. The number of anilines is 1. The number of aryl methyl sites for hydroxylation is 1. The number of hydrogen-bond donors (Lipinski definition) is 1. The van der Waals surface area contributed by atoms with Gasteiger partial charge in [0.2, 0.25) is 0 Å². The number of imidazole rings is 1. The zero-order chi connectivity index (χ0) is 28.4. The quantitative estimate of drug-likeness (QED) is 0.256. The van der Waals surface area contributed by atoms with Crippen LogP contribution in [0.2, 0.25) is 0 Å². The summed E-state index contributed by atoms with van der Waals surface area (Å²) in [6.07, 6.45) is 5.06. The largest absolute Gasteiger partial charge is 0.364 e. The molecule has 0 saturated carbocycles. The van der Waals surface area contributed by atoms with Gasteiger partial charge in [0, 0.05) is 23.4 Å². The summed E-state index contributed by atoms with van der Waals surface area (Å²) in [5.41, 5.74) is 1.94. The van der Waals surface area contributed by atoms with Crippen molar-refractivity contribution in [1.29, 1.82) is 0 Å². The van der Waals surface area contributed by atoms with E-state index in [0.717, 1.165) is 50.8 Å². The van der Waals surface area contributed by atoms with E-state index in [1.165, 1.54) is 6.07 Å². The third-order valence-corrected chi connectivity index (χ3v) is 8.04. The fraction of sp³-hybridized carbons (Fsp3) is 0.467. The SMILES string of the molecule is C=N/C=C(/F)C(=NCNc1ccc(C2(C3CCN(CC)CC3)CO2)cn1)c1cc(F)c2nc(C)n(C(C)C)c2c1. The van der Waals surface area contributed by atoms with E-state index in [2.05, 4.69) is 43.8 Å². The smallest absolute Gasteiger partial charge is 0.167 e. The van der Waals surface area contributed by atoms with Crippen LogP contribution in [0.25, 0.3) is 11.0 Å². The van der Waals surface area contributed by atoms with Gasteiger partial charge in [0.1, 0.15) is 35.1 Å². The molecule has 1 unspecified atom stereocenters. The van der Waals surface area contributed by atoms with Crippen molar-refractivity contribution >= 4 is 29.3 Å². The van der Waals surface area contributed by atoms with Gasteiger partial charge in [-0.2, -0.15) is 0 Å². The number of fused-ring (bicyclic) bond motifs is 1. The summed E-state index contributed by atoms with van der Waals surface area (Å²) in [4.78, 5) is 19.4. The first-order valence-electron chi connectivity index (χ1n) is 13.9. The summed E-state index contributed by atoms with van der Waals surface area (Å²) in [6, 6.07) is 6.95. The topological polar surface area (TPSA) is 83.2 Å². The average Bonchev–Trinajstić information content (AvgIpc) is 3.68. The highest BCUT2D eigenvalue weighted by atomic mass is 19.1. The van der Waals surface area contributed by atoms with E-state index in [1.54, 1.807) is 6.07 Å². The lowest BCUT2D eigenvalue weighted by molar-refractivity contribution is 0.120. The number of nitrogens with one attached hydrogen (secondary N) is 1. The number of epoxide rings is 1. The van der Waals surface area contributed by atoms with Crippen molar-refractivity contribution in [3.63, 3.8) is 0 Å².